The predicted octanol–water partition coefficient (Wildman–Crippen LogP) is 3.48. The fourth-order valence-corrected chi connectivity index (χ4v) is 3.64. The van der Waals surface area contributed by atoms with Crippen molar-refractivity contribution in [2.24, 2.45) is 5.92 Å². The minimum Gasteiger partial charge on any atom is -0.493 e. The van der Waals surface area contributed by atoms with E-state index in [-0.39, 0.29) is 29.5 Å². The Labute approximate surface area is 181 Å². The standard InChI is InChI=1S/C23H27N3O5/c1-17(19-6-5-7-20(16-19)26(29)30)24-23(28)18-10-13-25(14-11-18)22(27)12-15-31-21-8-3-2-4-9-21/h2-9,16-18H,10-15H2,1H3,(H,24,28). The summed E-state index contributed by atoms with van der Waals surface area (Å²) < 4.78 is 5.58. The molecule has 2 amide bonds. The van der Waals surface area contributed by atoms with Gasteiger partial charge in [-0.15, -0.1) is 0 Å². The van der Waals surface area contributed by atoms with Crippen LogP contribution in [-0.2, 0) is 9.59 Å². The molecule has 0 spiro atoms. The number of nitro benzene ring substituents is 1. The van der Waals surface area contributed by atoms with Gasteiger partial charge in [0, 0.05) is 31.1 Å². The SMILES string of the molecule is CC(NC(=O)C1CCN(C(=O)CCOc2ccccc2)CC1)c1cccc([N+](=O)[O-])c1. The summed E-state index contributed by atoms with van der Waals surface area (Å²) in [7, 11) is 0. The summed E-state index contributed by atoms with van der Waals surface area (Å²) in [6.45, 7) is 3.20. The molecule has 1 atom stereocenters. The Bertz CT molecular complexity index is 910. The van der Waals surface area contributed by atoms with Crippen LogP contribution in [0.2, 0.25) is 0 Å². The zero-order valence-electron chi connectivity index (χ0n) is 17.5. The molecule has 0 bridgehead atoms. The Balaban J connectivity index is 1.42. The number of nitrogens with one attached hydrogen (secondary N) is 1. The van der Waals surface area contributed by atoms with Crippen molar-refractivity contribution in [3.05, 3.63) is 70.3 Å². The average molecular weight is 425 g/mol. The molecule has 3 rings (SSSR count). The highest BCUT2D eigenvalue weighted by Crippen LogP contribution is 2.22. The van der Waals surface area contributed by atoms with Crippen LogP contribution in [0.1, 0.15) is 37.8 Å². The third-order valence-corrected chi connectivity index (χ3v) is 5.49. The van der Waals surface area contributed by atoms with E-state index in [9.17, 15) is 19.7 Å². The highest BCUT2D eigenvalue weighted by molar-refractivity contribution is 5.80. The van der Waals surface area contributed by atoms with E-state index in [1.807, 2.05) is 37.3 Å². The molecule has 1 unspecified atom stereocenters. The van der Waals surface area contributed by atoms with Gasteiger partial charge in [-0.3, -0.25) is 19.7 Å². The predicted molar refractivity (Wildman–Crippen MR) is 116 cm³/mol. The normalized spacial score (nSPS) is 15.2. The van der Waals surface area contributed by atoms with E-state index in [1.165, 1.54) is 12.1 Å². The molecule has 31 heavy (non-hydrogen) atoms. The minimum atomic E-state index is -0.449. The van der Waals surface area contributed by atoms with E-state index in [1.54, 1.807) is 17.0 Å². The molecule has 8 heteroatoms. The lowest BCUT2D eigenvalue weighted by atomic mass is 9.95. The highest BCUT2D eigenvalue weighted by atomic mass is 16.6. The van der Waals surface area contributed by atoms with Crippen LogP contribution in [0.15, 0.2) is 54.6 Å². The summed E-state index contributed by atoms with van der Waals surface area (Å²) in [5, 5.41) is 13.9. The van der Waals surface area contributed by atoms with E-state index < -0.39 is 4.92 Å². The van der Waals surface area contributed by atoms with Crippen LogP contribution in [0.3, 0.4) is 0 Å². The number of likely N-dealkylation sites (tertiary alicyclic amines) is 1. The molecule has 1 fully saturated rings. The first-order chi connectivity index (χ1) is 14.9. The molecule has 0 aromatic heterocycles. The van der Waals surface area contributed by atoms with Gasteiger partial charge in [0.05, 0.1) is 24.0 Å². The summed E-state index contributed by atoms with van der Waals surface area (Å²) in [5.41, 5.74) is 0.690. The van der Waals surface area contributed by atoms with Gasteiger partial charge in [-0.1, -0.05) is 30.3 Å². The Hall–Kier alpha value is -3.42. The molecular formula is C23H27N3O5. The van der Waals surface area contributed by atoms with Crippen molar-refractivity contribution >= 4 is 17.5 Å². The number of carbonyl (C=O) groups excluding carboxylic acids is 2. The number of rotatable bonds is 8. The number of piperidine rings is 1. The van der Waals surface area contributed by atoms with E-state index in [0.717, 1.165) is 5.75 Å². The van der Waals surface area contributed by atoms with Gasteiger partial charge in [0.15, 0.2) is 0 Å². The number of nitro groups is 1. The second-order valence-corrected chi connectivity index (χ2v) is 7.65. The second kappa shape index (κ2) is 10.6. The van der Waals surface area contributed by atoms with Crippen LogP contribution >= 0.6 is 0 Å². The Morgan fingerprint density at radius 3 is 2.55 bits per heavy atom. The minimum absolute atomic E-state index is 0.00154. The molecule has 0 aliphatic carbocycles. The quantitative estimate of drug-likeness (QED) is 0.515. The van der Waals surface area contributed by atoms with E-state index in [2.05, 4.69) is 5.32 Å². The van der Waals surface area contributed by atoms with Gasteiger partial charge in [-0.05, 0) is 37.5 Å². The van der Waals surface area contributed by atoms with Crippen molar-refractivity contribution in [3.8, 4) is 5.75 Å². The maximum Gasteiger partial charge on any atom is 0.269 e. The Morgan fingerprint density at radius 2 is 1.87 bits per heavy atom. The number of amides is 2. The molecular weight excluding hydrogens is 398 g/mol. The number of ether oxygens (including phenoxy) is 1. The monoisotopic (exact) mass is 425 g/mol. The molecule has 8 nitrogen and oxygen atoms in total. The van der Waals surface area contributed by atoms with Crippen LogP contribution in [0.5, 0.6) is 5.75 Å². The van der Waals surface area contributed by atoms with Crippen LogP contribution in [0.4, 0.5) is 5.69 Å². The van der Waals surface area contributed by atoms with E-state index >= 15 is 0 Å². The molecule has 1 N–H and O–H groups in total. The van der Waals surface area contributed by atoms with Gasteiger partial charge in [0.1, 0.15) is 5.75 Å². The third kappa shape index (κ3) is 6.28. The molecule has 0 radical (unpaired) electrons. The van der Waals surface area contributed by atoms with Crippen LogP contribution in [0, 0.1) is 16.0 Å². The van der Waals surface area contributed by atoms with Crippen LogP contribution in [-0.4, -0.2) is 41.3 Å². The van der Waals surface area contributed by atoms with Crippen molar-refractivity contribution in [1.82, 2.24) is 10.2 Å². The molecule has 0 saturated carbocycles. The van der Waals surface area contributed by atoms with Crippen molar-refractivity contribution in [3.63, 3.8) is 0 Å². The smallest absolute Gasteiger partial charge is 0.269 e. The summed E-state index contributed by atoms with van der Waals surface area (Å²) in [5.74, 6) is 0.507. The zero-order valence-corrected chi connectivity index (χ0v) is 17.5. The lowest BCUT2D eigenvalue weighted by Crippen LogP contribution is -2.43. The molecule has 1 aliphatic heterocycles. The maximum atomic E-state index is 12.6. The van der Waals surface area contributed by atoms with Gasteiger partial charge in [-0.25, -0.2) is 0 Å². The first-order valence-electron chi connectivity index (χ1n) is 10.4. The Kier molecular flexibility index (Phi) is 7.59. The topological polar surface area (TPSA) is 102 Å². The zero-order chi connectivity index (χ0) is 22.2. The Morgan fingerprint density at radius 1 is 1.16 bits per heavy atom. The van der Waals surface area contributed by atoms with E-state index in [4.69, 9.17) is 4.74 Å². The van der Waals surface area contributed by atoms with Gasteiger partial charge in [0.2, 0.25) is 11.8 Å². The number of hydrogen-bond donors (Lipinski definition) is 1. The summed E-state index contributed by atoms with van der Waals surface area (Å²) in [4.78, 5) is 37.3. The van der Waals surface area contributed by atoms with Crippen LogP contribution in [0.25, 0.3) is 0 Å². The number of benzene rings is 2. The molecule has 2 aromatic rings. The lowest BCUT2D eigenvalue weighted by Gasteiger charge is -2.32. The molecule has 2 aromatic carbocycles. The molecule has 164 valence electrons. The fourth-order valence-electron chi connectivity index (χ4n) is 3.64. The van der Waals surface area contributed by atoms with Crippen LogP contribution < -0.4 is 10.1 Å². The largest absolute Gasteiger partial charge is 0.493 e. The van der Waals surface area contributed by atoms with Crippen molar-refractivity contribution < 1.29 is 19.2 Å². The number of hydrogen-bond acceptors (Lipinski definition) is 5. The number of non-ortho nitro benzene ring substituents is 1. The highest BCUT2D eigenvalue weighted by Gasteiger charge is 2.28. The molecule has 1 heterocycles. The van der Waals surface area contributed by atoms with Crippen molar-refractivity contribution in [2.45, 2.75) is 32.2 Å². The van der Waals surface area contributed by atoms with Gasteiger partial charge < -0.3 is 15.0 Å². The van der Waals surface area contributed by atoms with Gasteiger partial charge in [0.25, 0.3) is 5.69 Å². The number of nitrogens with zero attached hydrogens (tertiary/aromatic N) is 2. The lowest BCUT2D eigenvalue weighted by molar-refractivity contribution is -0.384. The average Bonchev–Trinajstić information content (AvgIpc) is 2.79. The van der Waals surface area contributed by atoms with Crippen molar-refractivity contribution in [2.75, 3.05) is 19.7 Å². The number of carbonyl (C=O) groups is 2. The van der Waals surface area contributed by atoms with Gasteiger partial charge >= 0.3 is 0 Å². The summed E-state index contributed by atoms with van der Waals surface area (Å²) in [6.07, 6.45) is 1.49. The first-order valence-corrected chi connectivity index (χ1v) is 10.4. The fraction of sp³-hybridized carbons (Fsp3) is 0.391. The third-order valence-electron chi connectivity index (χ3n) is 5.49. The molecule has 1 aliphatic rings. The number of para-hydroxylation sites is 1. The summed E-state index contributed by atoms with van der Waals surface area (Å²) >= 11 is 0. The van der Waals surface area contributed by atoms with Gasteiger partial charge in [-0.2, -0.15) is 0 Å². The van der Waals surface area contributed by atoms with E-state index in [0.29, 0.717) is 44.5 Å². The summed E-state index contributed by atoms with van der Waals surface area (Å²) in [6, 6.07) is 15.3. The molecule has 1 saturated heterocycles. The maximum absolute atomic E-state index is 12.6. The first kappa shape index (κ1) is 22.3. The second-order valence-electron chi connectivity index (χ2n) is 7.65. The van der Waals surface area contributed by atoms with Crippen molar-refractivity contribution in [1.29, 1.82) is 0 Å².